The summed E-state index contributed by atoms with van der Waals surface area (Å²) in [6.07, 6.45) is 7.43. The Kier molecular flexibility index (Phi) is 4.33. The van der Waals surface area contributed by atoms with Crippen LogP contribution >= 0.6 is 22.9 Å². The molecule has 4 heterocycles. The van der Waals surface area contributed by atoms with Crippen LogP contribution in [0.4, 0.5) is 5.13 Å². The summed E-state index contributed by atoms with van der Waals surface area (Å²) in [6.45, 7) is 0. The van der Waals surface area contributed by atoms with Crippen LogP contribution in [0.3, 0.4) is 0 Å². The molecule has 0 atom stereocenters. The molecule has 0 fully saturated rings. The number of thiazole rings is 1. The fourth-order valence-electron chi connectivity index (χ4n) is 2.16. The Morgan fingerprint density at radius 1 is 1.23 bits per heavy atom. The van der Waals surface area contributed by atoms with Gasteiger partial charge >= 0.3 is 0 Å². The van der Waals surface area contributed by atoms with E-state index in [1.54, 1.807) is 23.7 Å². The minimum Gasteiger partial charge on any atom is -0.296 e. The van der Waals surface area contributed by atoms with Gasteiger partial charge in [0, 0.05) is 11.6 Å². The van der Waals surface area contributed by atoms with Crippen LogP contribution in [0, 0.1) is 0 Å². The van der Waals surface area contributed by atoms with E-state index in [4.69, 9.17) is 11.6 Å². The minimum absolute atomic E-state index is 0.229. The Bertz CT molecular complexity index is 1060. The average Bonchev–Trinajstić information content (AvgIpc) is 3.32. The lowest BCUT2D eigenvalue weighted by atomic mass is 10.3. The lowest BCUT2D eigenvalue weighted by molar-refractivity contribution is 0.101. The van der Waals surface area contributed by atoms with Gasteiger partial charge in [0.2, 0.25) is 0 Å². The number of carbonyl (C=O) groups excluding carboxylic acids is 1. The van der Waals surface area contributed by atoms with Crippen molar-refractivity contribution in [3.63, 3.8) is 0 Å². The molecule has 1 amide bonds. The third-order valence-corrected chi connectivity index (χ3v) is 4.36. The van der Waals surface area contributed by atoms with Crippen molar-refractivity contribution >= 4 is 34.0 Å². The van der Waals surface area contributed by atoms with Crippen molar-refractivity contribution < 1.29 is 4.79 Å². The second-order valence-corrected chi connectivity index (χ2v) is 6.22. The smallest absolute Gasteiger partial charge is 0.277 e. The number of carbonyl (C=O) groups is 1. The molecule has 0 aliphatic rings. The number of hydrogen-bond acceptors (Lipinski definition) is 8. The van der Waals surface area contributed by atoms with Gasteiger partial charge < -0.3 is 0 Å². The van der Waals surface area contributed by atoms with Gasteiger partial charge in [-0.1, -0.05) is 16.8 Å². The number of nitrogens with one attached hydrogen (secondary N) is 1. The third-order valence-electron chi connectivity index (χ3n) is 3.30. The first-order valence-corrected chi connectivity index (χ1v) is 8.52. The van der Waals surface area contributed by atoms with E-state index in [9.17, 15) is 4.79 Å². The Balaban J connectivity index is 1.57. The first-order chi connectivity index (χ1) is 12.7. The van der Waals surface area contributed by atoms with Gasteiger partial charge in [-0.05, 0) is 12.1 Å². The van der Waals surface area contributed by atoms with E-state index in [0.717, 1.165) is 0 Å². The van der Waals surface area contributed by atoms with E-state index in [0.29, 0.717) is 27.2 Å². The number of halogens is 1. The first kappa shape index (κ1) is 16.2. The predicted octanol–water partition coefficient (Wildman–Crippen LogP) is 2.48. The van der Waals surface area contributed by atoms with Crippen LogP contribution < -0.4 is 5.32 Å². The van der Waals surface area contributed by atoms with Crippen molar-refractivity contribution in [3.8, 4) is 17.1 Å². The summed E-state index contributed by atoms with van der Waals surface area (Å²) in [5.74, 6) is -0.410. The highest BCUT2D eigenvalue weighted by Crippen LogP contribution is 2.28. The zero-order chi connectivity index (χ0) is 17.9. The predicted molar refractivity (Wildman–Crippen MR) is 95.3 cm³/mol. The van der Waals surface area contributed by atoms with Crippen LogP contribution in [0.1, 0.15) is 10.5 Å². The highest BCUT2D eigenvalue weighted by atomic mass is 35.5. The summed E-state index contributed by atoms with van der Waals surface area (Å²) in [5.41, 5.74) is 1.89. The molecule has 0 spiro atoms. The molecule has 0 bridgehead atoms. The van der Waals surface area contributed by atoms with Gasteiger partial charge in [-0.2, -0.15) is 0 Å². The van der Waals surface area contributed by atoms with Gasteiger partial charge in [-0.3, -0.25) is 15.1 Å². The Labute approximate surface area is 155 Å². The van der Waals surface area contributed by atoms with Crippen molar-refractivity contribution in [1.29, 1.82) is 0 Å². The summed E-state index contributed by atoms with van der Waals surface area (Å²) in [5, 5.41) is 13.1. The SMILES string of the molecule is O=C(Nc1nc(-c2ncccc2Cl)cs1)c1cnnn1-c1cncnc1. The maximum atomic E-state index is 12.6. The molecule has 9 nitrogen and oxygen atoms in total. The summed E-state index contributed by atoms with van der Waals surface area (Å²) >= 11 is 7.39. The van der Waals surface area contributed by atoms with Gasteiger partial charge in [0.1, 0.15) is 23.4 Å². The normalized spacial score (nSPS) is 10.7. The summed E-state index contributed by atoms with van der Waals surface area (Å²) in [4.78, 5) is 28.9. The molecule has 4 rings (SSSR count). The maximum Gasteiger partial charge on any atom is 0.277 e. The molecular weight excluding hydrogens is 376 g/mol. The van der Waals surface area contributed by atoms with Crippen molar-refractivity contribution in [3.05, 3.63) is 59.3 Å². The van der Waals surface area contributed by atoms with E-state index >= 15 is 0 Å². The van der Waals surface area contributed by atoms with Crippen molar-refractivity contribution in [1.82, 2.24) is 34.9 Å². The fraction of sp³-hybridized carbons (Fsp3) is 0. The topological polar surface area (TPSA) is 111 Å². The highest BCUT2D eigenvalue weighted by molar-refractivity contribution is 7.14. The van der Waals surface area contributed by atoms with E-state index in [1.807, 2.05) is 0 Å². The van der Waals surface area contributed by atoms with E-state index in [2.05, 4.69) is 35.6 Å². The second kappa shape index (κ2) is 6.94. The van der Waals surface area contributed by atoms with Gasteiger partial charge in [0.25, 0.3) is 5.91 Å². The van der Waals surface area contributed by atoms with Crippen LogP contribution in [-0.2, 0) is 0 Å². The molecule has 4 aromatic heterocycles. The lowest BCUT2D eigenvalue weighted by Crippen LogP contribution is -2.17. The molecule has 4 aromatic rings. The molecule has 0 aromatic carbocycles. The third kappa shape index (κ3) is 3.15. The minimum atomic E-state index is -0.410. The lowest BCUT2D eigenvalue weighted by Gasteiger charge is -2.04. The largest absolute Gasteiger partial charge is 0.296 e. The number of nitrogens with zero attached hydrogens (tertiary/aromatic N) is 7. The Morgan fingerprint density at radius 3 is 2.88 bits per heavy atom. The Morgan fingerprint density at radius 2 is 2.08 bits per heavy atom. The highest BCUT2D eigenvalue weighted by Gasteiger charge is 2.17. The van der Waals surface area contributed by atoms with Crippen LogP contribution in [0.5, 0.6) is 0 Å². The second-order valence-electron chi connectivity index (χ2n) is 4.95. The number of anilines is 1. The van der Waals surface area contributed by atoms with Gasteiger partial charge in [0.15, 0.2) is 10.8 Å². The zero-order valence-electron chi connectivity index (χ0n) is 12.9. The quantitative estimate of drug-likeness (QED) is 0.575. The van der Waals surface area contributed by atoms with Gasteiger partial charge in [-0.25, -0.2) is 19.6 Å². The van der Waals surface area contributed by atoms with Crippen LogP contribution in [0.2, 0.25) is 5.02 Å². The molecule has 26 heavy (non-hydrogen) atoms. The van der Waals surface area contributed by atoms with E-state index in [-0.39, 0.29) is 5.69 Å². The summed E-state index contributed by atoms with van der Waals surface area (Å²) < 4.78 is 1.35. The standard InChI is InChI=1S/C15H9ClN8OS/c16-10-2-1-3-19-13(10)11-7-26-15(21-11)22-14(25)12-6-20-23-24(12)9-4-17-8-18-5-9/h1-8H,(H,21,22,25). The van der Waals surface area contributed by atoms with Crippen LogP contribution in [0.25, 0.3) is 17.1 Å². The molecule has 0 radical (unpaired) electrons. The molecule has 11 heteroatoms. The molecule has 0 saturated heterocycles. The van der Waals surface area contributed by atoms with Crippen molar-refractivity contribution in [2.45, 2.75) is 0 Å². The van der Waals surface area contributed by atoms with Gasteiger partial charge in [-0.15, -0.1) is 16.4 Å². The number of rotatable bonds is 4. The Hall–Kier alpha value is -3.24. The first-order valence-electron chi connectivity index (χ1n) is 7.26. The van der Waals surface area contributed by atoms with Crippen molar-refractivity contribution in [2.75, 3.05) is 5.32 Å². The van der Waals surface area contributed by atoms with E-state index in [1.165, 1.54) is 40.9 Å². The molecule has 0 saturated carbocycles. The molecule has 0 aliphatic heterocycles. The zero-order valence-corrected chi connectivity index (χ0v) is 14.5. The van der Waals surface area contributed by atoms with Crippen LogP contribution in [-0.4, -0.2) is 40.8 Å². The molecule has 0 unspecified atom stereocenters. The average molecular weight is 385 g/mol. The van der Waals surface area contributed by atoms with E-state index < -0.39 is 5.91 Å². The van der Waals surface area contributed by atoms with Gasteiger partial charge in [0.05, 0.1) is 23.6 Å². The molecule has 1 N–H and O–H groups in total. The molecular formula is C15H9ClN8OS. The summed E-state index contributed by atoms with van der Waals surface area (Å²) in [7, 11) is 0. The number of aromatic nitrogens is 7. The fourth-order valence-corrected chi connectivity index (χ4v) is 3.07. The molecule has 128 valence electrons. The van der Waals surface area contributed by atoms with Crippen LogP contribution in [0.15, 0.2) is 48.6 Å². The number of hydrogen-bond donors (Lipinski definition) is 1. The monoisotopic (exact) mass is 384 g/mol. The summed E-state index contributed by atoms with van der Waals surface area (Å²) in [6, 6.07) is 3.47. The number of amides is 1. The van der Waals surface area contributed by atoms with Crippen molar-refractivity contribution in [2.24, 2.45) is 0 Å². The molecule has 0 aliphatic carbocycles. The maximum absolute atomic E-state index is 12.6. The number of pyridine rings is 1.